The Kier molecular flexibility index (Phi) is 5.72. The van der Waals surface area contributed by atoms with E-state index in [0.717, 1.165) is 42.8 Å². The van der Waals surface area contributed by atoms with Crippen molar-refractivity contribution < 1.29 is 0 Å². The number of likely N-dealkylation sites (tertiary alicyclic amines) is 1. The van der Waals surface area contributed by atoms with Crippen molar-refractivity contribution in [1.29, 1.82) is 0 Å². The van der Waals surface area contributed by atoms with Crippen LogP contribution in [0.3, 0.4) is 0 Å². The molecule has 8 nitrogen and oxygen atoms in total. The molecule has 1 aromatic carbocycles. The maximum atomic E-state index is 6.11. The zero-order valence-corrected chi connectivity index (χ0v) is 18.1. The molecule has 1 aliphatic rings. The van der Waals surface area contributed by atoms with Gasteiger partial charge in [-0.25, -0.2) is 0 Å². The van der Waals surface area contributed by atoms with E-state index in [1.807, 2.05) is 18.2 Å². The molecular formula is C23H25BN8. The second-order valence-corrected chi connectivity index (χ2v) is 8.22. The molecule has 0 spiro atoms. The van der Waals surface area contributed by atoms with Crippen molar-refractivity contribution in [1.82, 2.24) is 29.5 Å². The number of fused-ring (bicyclic) bond motifs is 1. The van der Waals surface area contributed by atoms with Gasteiger partial charge >= 0.3 is 0 Å². The highest BCUT2D eigenvalue weighted by molar-refractivity contribution is 6.36. The summed E-state index contributed by atoms with van der Waals surface area (Å²) in [6.07, 6.45) is 5.66. The molecule has 2 N–H and O–H groups in total. The Labute approximate surface area is 188 Å². The first-order chi connectivity index (χ1) is 15.7. The van der Waals surface area contributed by atoms with Crippen molar-refractivity contribution >= 4 is 30.9 Å². The lowest BCUT2D eigenvalue weighted by molar-refractivity contribution is 0.260. The standard InChI is InChI=1S/C23H25BN8/c1-31-12-4-5-18(15-31)28-22-29-21-19(24)14-27-32(21)23(30-22)26-13-16-7-9-17(10-8-16)20-6-2-3-11-25-20/h2-3,6-11,14,18H,4-5,12-13,15H2,1H3,(H2,26,28,29,30). The maximum absolute atomic E-state index is 6.11. The van der Waals surface area contributed by atoms with E-state index in [4.69, 9.17) is 12.8 Å². The van der Waals surface area contributed by atoms with Crippen molar-refractivity contribution in [3.05, 3.63) is 60.4 Å². The molecule has 160 valence electrons. The van der Waals surface area contributed by atoms with Crippen LogP contribution in [-0.4, -0.2) is 63.5 Å². The van der Waals surface area contributed by atoms with Crippen LogP contribution >= 0.6 is 0 Å². The summed E-state index contributed by atoms with van der Waals surface area (Å²) < 4.78 is 1.65. The van der Waals surface area contributed by atoms with E-state index in [0.29, 0.717) is 35.6 Å². The Bertz CT molecular complexity index is 1190. The van der Waals surface area contributed by atoms with Crippen molar-refractivity contribution in [2.75, 3.05) is 30.8 Å². The Morgan fingerprint density at radius 1 is 1.12 bits per heavy atom. The number of hydrogen-bond donors (Lipinski definition) is 2. The highest BCUT2D eigenvalue weighted by atomic mass is 15.4. The molecule has 3 aromatic heterocycles. The number of hydrogen-bond acceptors (Lipinski definition) is 7. The minimum atomic E-state index is 0.312. The molecule has 0 amide bonds. The lowest BCUT2D eigenvalue weighted by atomic mass is 10.0. The van der Waals surface area contributed by atoms with Crippen molar-refractivity contribution in [2.24, 2.45) is 0 Å². The molecule has 2 radical (unpaired) electrons. The average molecular weight is 424 g/mol. The van der Waals surface area contributed by atoms with Gasteiger partial charge in [0.15, 0.2) is 5.65 Å². The van der Waals surface area contributed by atoms with E-state index in [1.165, 1.54) is 0 Å². The van der Waals surface area contributed by atoms with Crippen molar-refractivity contribution in [2.45, 2.75) is 25.4 Å². The number of rotatable bonds is 6. The van der Waals surface area contributed by atoms with Gasteiger partial charge in [-0.15, -0.1) is 0 Å². The van der Waals surface area contributed by atoms with Crippen LogP contribution < -0.4 is 16.1 Å². The molecule has 0 saturated carbocycles. The van der Waals surface area contributed by atoms with Crippen LogP contribution in [0.2, 0.25) is 0 Å². The van der Waals surface area contributed by atoms with Crippen LogP contribution in [0.15, 0.2) is 54.9 Å². The Morgan fingerprint density at radius 2 is 2.00 bits per heavy atom. The quantitative estimate of drug-likeness (QED) is 0.459. The molecule has 4 heterocycles. The van der Waals surface area contributed by atoms with Crippen LogP contribution in [0.1, 0.15) is 18.4 Å². The third kappa shape index (κ3) is 4.43. The van der Waals surface area contributed by atoms with Crippen LogP contribution in [0.5, 0.6) is 0 Å². The summed E-state index contributed by atoms with van der Waals surface area (Å²) in [6, 6.07) is 14.6. The summed E-state index contributed by atoms with van der Waals surface area (Å²) in [5, 5.41) is 11.2. The maximum Gasteiger partial charge on any atom is 0.229 e. The third-order valence-corrected chi connectivity index (χ3v) is 5.72. The molecular weight excluding hydrogens is 399 g/mol. The van der Waals surface area contributed by atoms with Gasteiger partial charge in [0.2, 0.25) is 11.9 Å². The predicted octanol–water partition coefficient (Wildman–Crippen LogP) is 2.10. The zero-order chi connectivity index (χ0) is 21.9. The summed E-state index contributed by atoms with van der Waals surface area (Å²) in [5.74, 6) is 1.17. The van der Waals surface area contributed by atoms with Gasteiger partial charge in [-0.05, 0) is 49.6 Å². The first-order valence-corrected chi connectivity index (χ1v) is 10.9. The second kappa shape index (κ2) is 8.96. The smallest absolute Gasteiger partial charge is 0.229 e. The van der Waals surface area contributed by atoms with Gasteiger partial charge in [-0.3, -0.25) is 4.98 Å². The minimum absolute atomic E-state index is 0.312. The first-order valence-electron chi connectivity index (χ1n) is 10.9. The van der Waals surface area contributed by atoms with Gasteiger partial charge in [0, 0.05) is 37.1 Å². The van der Waals surface area contributed by atoms with Gasteiger partial charge in [-0.2, -0.15) is 19.6 Å². The molecule has 1 atom stereocenters. The van der Waals surface area contributed by atoms with E-state index in [9.17, 15) is 0 Å². The number of likely N-dealkylation sites (N-methyl/N-ethyl adjacent to an activating group) is 1. The largest absolute Gasteiger partial charge is 0.350 e. The molecule has 5 rings (SSSR count). The summed E-state index contributed by atoms with van der Waals surface area (Å²) in [4.78, 5) is 16.0. The summed E-state index contributed by atoms with van der Waals surface area (Å²) >= 11 is 0. The highest BCUT2D eigenvalue weighted by Gasteiger charge is 2.19. The molecule has 4 aromatic rings. The molecule has 1 saturated heterocycles. The topological polar surface area (TPSA) is 83.3 Å². The summed E-state index contributed by atoms with van der Waals surface area (Å²) in [7, 11) is 8.24. The van der Waals surface area contributed by atoms with E-state index in [2.05, 4.69) is 61.9 Å². The number of benzene rings is 1. The molecule has 32 heavy (non-hydrogen) atoms. The van der Waals surface area contributed by atoms with E-state index < -0.39 is 0 Å². The molecule has 0 aliphatic carbocycles. The predicted molar refractivity (Wildman–Crippen MR) is 127 cm³/mol. The molecule has 1 aliphatic heterocycles. The van der Waals surface area contributed by atoms with Crippen molar-refractivity contribution in [3.8, 4) is 11.3 Å². The fourth-order valence-corrected chi connectivity index (χ4v) is 4.05. The van der Waals surface area contributed by atoms with Crippen LogP contribution in [0.25, 0.3) is 16.9 Å². The number of nitrogens with zero attached hydrogens (tertiary/aromatic N) is 6. The zero-order valence-electron chi connectivity index (χ0n) is 18.1. The Balaban J connectivity index is 1.34. The SMILES string of the molecule is [B]c1cnn2c(NCc3ccc(-c4ccccn4)cc3)nc(NC3CCCN(C)C3)nc12. The molecule has 9 heteroatoms. The number of pyridine rings is 1. The van der Waals surface area contributed by atoms with Crippen LogP contribution in [0.4, 0.5) is 11.9 Å². The fourth-order valence-electron chi connectivity index (χ4n) is 4.05. The monoisotopic (exact) mass is 424 g/mol. The first kappa shape index (κ1) is 20.4. The average Bonchev–Trinajstić information content (AvgIpc) is 3.19. The van der Waals surface area contributed by atoms with Gasteiger partial charge in [-0.1, -0.05) is 30.3 Å². The van der Waals surface area contributed by atoms with Gasteiger partial charge in [0.1, 0.15) is 7.85 Å². The van der Waals surface area contributed by atoms with E-state index in [-0.39, 0.29) is 0 Å². The van der Waals surface area contributed by atoms with E-state index >= 15 is 0 Å². The second-order valence-electron chi connectivity index (χ2n) is 8.22. The molecule has 1 fully saturated rings. The lowest BCUT2D eigenvalue weighted by Crippen LogP contribution is -2.40. The van der Waals surface area contributed by atoms with Crippen molar-refractivity contribution in [3.63, 3.8) is 0 Å². The van der Waals surface area contributed by atoms with Crippen LogP contribution in [-0.2, 0) is 6.54 Å². The number of nitrogens with one attached hydrogen (secondary N) is 2. The van der Waals surface area contributed by atoms with Gasteiger partial charge in [0.05, 0.1) is 5.69 Å². The van der Waals surface area contributed by atoms with Crippen LogP contribution in [0, 0.1) is 0 Å². The van der Waals surface area contributed by atoms with Gasteiger partial charge in [0.25, 0.3) is 0 Å². The molecule has 1 unspecified atom stereocenters. The number of anilines is 2. The normalized spacial score (nSPS) is 16.8. The fraction of sp³-hybridized carbons (Fsp3) is 0.304. The minimum Gasteiger partial charge on any atom is -0.350 e. The number of piperidine rings is 1. The summed E-state index contributed by atoms with van der Waals surface area (Å²) in [5.41, 5.74) is 4.29. The van der Waals surface area contributed by atoms with E-state index in [1.54, 1.807) is 16.9 Å². The summed E-state index contributed by atoms with van der Waals surface area (Å²) in [6.45, 7) is 2.69. The Hall–Kier alpha value is -3.46. The van der Waals surface area contributed by atoms with Gasteiger partial charge < -0.3 is 15.5 Å². The lowest BCUT2D eigenvalue weighted by Gasteiger charge is -2.30. The highest BCUT2D eigenvalue weighted by Crippen LogP contribution is 2.19. The molecule has 0 bridgehead atoms. The number of aromatic nitrogens is 5. The third-order valence-electron chi connectivity index (χ3n) is 5.72. The Morgan fingerprint density at radius 3 is 2.78 bits per heavy atom.